The fourth-order valence-electron chi connectivity index (χ4n) is 2.48. The van der Waals surface area contributed by atoms with Crippen molar-refractivity contribution in [3.63, 3.8) is 0 Å². The number of rotatable bonds is 8. The van der Waals surface area contributed by atoms with Gasteiger partial charge in [0, 0.05) is 36.6 Å². The molecule has 5 nitrogen and oxygen atoms in total. The first-order chi connectivity index (χ1) is 11.2. The molecule has 0 aliphatic carbocycles. The number of hydrogen-bond acceptors (Lipinski definition) is 5. The van der Waals surface area contributed by atoms with Crippen LogP contribution in [0.3, 0.4) is 0 Å². The summed E-state index contributed by atoms with van der Waals surface area (Å²) in [4.78, 5) is 11.5. The summed E-state index contributed by atoms with van der Waals surface area (Å²) in [5, 5.41) is 3.27. The molecule has 0 saturated carbocycles. The van der Waals surface area contributed by atoms with Crippen LogP contribution in [0.4, 0.5) is 17.5 Å². The van der Waals surface area contributed by atoms with E-state index < -0.39 is 0 Å². The molecular weight excluding hydrogens is 288 g/mol. The molecule has 0 spiro atoms. The number of hydrogen-bond donors (Lipinski definition) is 1. The number of anilines is 3. The van der Waals surface area contributed by atoms with Gasteiger partial charge in [-0.2, -0.15) is 4.98 Å². The molecule has 0 aliphatic rings. The van der Waals surface area contributed by atoms with Crippen molar-refractivity contribution in [2.45, 2.75) is 33.6 Å². The zero-order valence-corrected chi connectivity index (χ0v) is 14.5. The monoisotopic (exact) mass is 314 g/mol. The van der Waals surface area contributed by atoms with Gasteiger partial charge in [-0.15, -0.1) is 0 Å². The van der Waals surface area contributed by atoms with Gasteiger partial charge < -0.3 is 15.0 Å². The van der Waals surface area contributed by atoms with E-state index in [-0.39, 0.29) is 0 Å². The number of nitrogens with one attached hydrogen (secondary N) is 1. The summed E-state index contributed by atoms with van der Waals surface area (Å²) in [6, 6.07) is 9.81. The van der Waals surface area contributed by atoms with Crippen molar-refractivity contribution in [1.82, 2.24) is 9.97 Å². The van der Waals surface area contributed by atoms with Crippen molar-refractivity contribution >= 4 is 17.5 Å². The third-order valence-electron chi connectivity index (χ3n) is 3.48. The summed E-state index contributed by atoms with van der Waals surface area (Å²) in [5.41, 5.74) is 1.87. The number of methoxy groups -OCH3 is 1. The predicted molar refractivity (Wildman–Crippen MR) is 95.8 cm³/mol. The standard InChI is InChI=1S/C18H26N4O/c1-5-10-22(11-6-2)17-12-14(3)19-18(21-17)20-15-8-7-9-16(13-15)23-4/h7-9,12-13H,5-6,10-11H2,1-4H3,(H,19,20,21). The zero-order chi connectivity index (χ0) is 16.7. The second kappa shape index (κ2) is 8.36. The van der Waals surface area contributed by atoms with Crippen molar-refractivity contribution in [2.75, 3.05) is 30.4 Å². The maximum Gasteiger partial charge on any atom is 0.229 e. The third-order valence-corrected chi connectivity index (χ3v) is 3.48. The van der Waals surface area contributed by atoms with Crippen molar-refractivity contribution < 1.29 is 4.74 Å². The Morgan fingerprint density at radius 3 is 2.48 bits per heavy atom. The molecule has 23 heavy (non-hydrogen) atoms. The average molecular weight is 314 g/mol. The quantitative estimate of drug-likeness (QED) is 0.792. The Labute approximate surface area is 138 Å². The second-order valence-electron chi connectivity index (χ2n) is 5.54. The highest BCUT2D eigenvalue weighted by atomic mass is 16.5. The molecule has 0 radical (unpaired) electrons. The van der Waals surface area contributed by atoms with Gasteiger partial charge in [-0.25, -0.2) is 4.98 Å². The largest absolute Gasteiger partial charge is 0.497 e. The van der Waals surface area contributed by atoms with Crippen LogP contribution < -0.4 is 15.0 Å². The van der Waals surface area contributed by atoms with Crippen LogP contribution in [0, 0.1) is 6.92 Å². The minimum atomic E-state index is 0.616. The van der Waals surface area contributed by atoms with Crippen LogP contribution in [0.1, 0.15) is 32.4 Å². The van der Waals surface area contributed by atoms with Gasteiger partial charge >= 0.3 is 0 Å². The Kier molecular flexibility index (Phi) is 6.20. The third kappa shape index (κ3) is 4.84. The molecular formula is C18H26N4O. The highest BCUT2D eigenvalue weighted by Crippen LogP contribution is 2.22. The van der Waals surface area contributed by atoms with Gasteiger partial charge in [-0.3, -0.25) is 0 Å². The zero-order valence-electron chi connectivity index (χ0n) is 14.5. The Balaban J connectivity index is 2.25. The lowest BCUT2D eigenvalue weighted by atomic mass is 10.3. The summed E-state index contributed by atoms with van der Waals surface area (Å²) < 4.78 is 5.25. The van der Waals surface area contributed by atoms with Crippen LogP contribution in [-0.4, -0.2) is 30.2 Å². The Hall–Kier alpha value is -2.30. The maximum absolute atomic E-state index is 5.25. The number of nitrogens with zero attached hydrogens (tertiary/aromatic N) is 3. The van der Waals surface area contributed by atoms with Crippen molar-refractivity contribution in [3.05, 3.63) is 36.0 Å². The lowest BCUT2D eigenvalue weighted by Gasteiger charge is -2.23. The summed E-state index contributed by atoms with van der Waals surface area (Å²) in [7, 11) is 1.66. The van der Waals surface area contributed by atoms with Crippen molar-refractivity contribution in [3.8, 4) is 5.75 Å². The summed E-state index contributed by atoms with van der Waals surface area (Å²) in [5.74, 6) is 2.40. The van der Waals surface area contributed by atoms with Crippen LogP contribution in [0.2, 0.25) is 0 Å². The molecule has 1 aromatic heterocycles. The maximum atomic E-state index is 5.25. The molecule has 2 aromatic rings. The van der Waals surface area contributed by atoms with Gasteiger partial charge in [0.05, 0.1) is 7.11 Å². The number of benzene rings is 1. The summed E-state index contributed by atoms with van der Waals surface area (Å²) in [6.07, 6.45) is 2.20. The van der Waals surface area contributed by atoms with Gasteiger partial charge in [0.2, 0.25) is 5.95 Å². The highest BCUT2D eigenvalue weighted by Gasteiger charge is 2.10. The minimum Gasteiger partial charge on any atom is -0.497 e. The van der Waals surface area contributed by atoms with E-state index in [0.717, 1.165) is 48.9 Å². The van der Waals surface area contributed by atoms with Crippen LogP contribution in [0.25, 0.3) is 0 Å². The molecule has 2 rings (SSSR count). The first kappa shape index (κ1) is 17.1. The van der Waals surface area contributed by atoms with Crippen LogP contribution in [-0.2, 0) is 0 Å². The van der Waals surface area contributed by atoms with E-state index in [9.17, 15) is 0 Å². The topological polar surface area (TPSA) is 50.3 Å². The van der Waals surface area contributed by atoms with Gasteiger partial charge in [0.1, 0.15) is 11.6 Å². The van der Waals surface area contributed by atoms with Crippen LogP contribution in [0.15, 0.2) is 30.3 Å². The molecule has 5 heteroatoms. The number of aromatic nitrogens is 2. The fourth-order valence-corrected chi connectivity index (χ4v) is 2.48. The Morgan fingerprint density at radius 2 is 1.83 bits per heavy atom. The smallest absolute Gasteiger partial charge is 0.229 e. The predicted octanol–water partition coefficient (Wildman–Crippen LogP) is 4.16. The first-order valence-electron chi connectivity index (χ1n) is 8.18. The van der Waals surface area contributed by atoms with Crippen molar-refractivity contribution in [2.24, 2.45) is 0 Å². The van der Waals surface area contributed by atoms with Crippen LogP contribution >= 0.6 is 0 Å². The molecule has 0 unspecified atom stereocenters. The fraction of sp³-hybridized carbons (Fsp3) is 0.444. The van der Waals surface area contributed by atoms with E-state index >= 15 is 0 Å². The SMILES string of the molecule is CCCN(CCC)c1cc(C)nc(Nc2cccc(OC)c2)n1. The van der Waals surface area contributed by atoms with Crippen LogP contribution in [0.5, 0.6) is 5.75 Å². The Morgan fingerprint density at radius 1 is 1.09 bits per heavy atom. The van der Waals surface area contributed by atoms with Gasteiger partial charge in [0.15, 0.2) is 0 Å². The normalized spacial score (nSPS) is 10.4. The summed E-state index contributed by atoms with van der Waals surface area (Å²) in [6.45, 7) is 8.38. The minimum absolute atomic E-state index is 0.616. The van der Waals surface area contributed by atoms with E-state index in [1.807, 2.05) is 37.3 Å². The van der Waals surface area contributed by atoms with E-state index in [0.29, 0.717) is 5.95 Å². The van der Waals surface area contributed by atoms with E-state index in [4.69, 9.17) is 4.74 Å². The molecule has 0 fully saturated rings. The molecule has 1 heterocycles. The lowest BCUT2D eigenvalue weighted by molar-refractivity contribution is 0.415. The molecule has 124 valence electrons. The second-order valence-corrected chi connectivity index (χ2v) is 5.54. The molecule has 1 aromatic carbocycles. The van der Waals surface area contributed by atoms with Gasteiger partial charge in [-0.1, -0.05) is 19.9 Å². The average Bonchev–Trinajstić information content (AvgIpc) is 2.54. The lowest BCUT2D eigenvalue weighted by Crippen LogP contribution is -2.26. The number of aryl methyl sites for hydroxylation is 1. The van der Waals surface area contributed by atoms with E-state index in [1.54, 1.807) is 7.11 Å². The Bertz CT molecular complexity index is 624. The molecule has 0 saturated heterocycles. The molecule has 0 amide bonds. The van der Waals surface area contributed by atoms with Gasteiger partial charge in [-0.05, 0) is 31.9 Å². The first-order valence-corrected chi connectivity index (χ1v) is 8.18. The number of ether oxygens (including phenoxy) is 1. The summed E-state index contributed by atoms with van der Waals surface area (Å²) >= 11 is 0. The van der Waals surface area contributed by atoms with Gasteiger partial charge in [0.25, 0.3) is 0 Å². The highest BCUT2D eigenvalue weighted by molar-refractivity contribution is 5.57. The molecule has 0 atom stereocenters. The van der Waals surface area contributed by atoms with E-state index in [2.05, 4.69) is 34.0 Å². The molecule has 1 N–H and O–H groups in total. The molecule has 0 aliphatic heterocycles. The molecule has 0 bridgehead atoms. The van der Waals surface area contributed by atoms with Crippen molar-refractivity contribution in [1.29, 1.82) is 0 Å². The van der Waals surface area contributed by atoms with E-state index in [1.165, 1.54) is 0 Å².